The van der Waals surface area contributed by atoms with Gasteiger partial charge in [-0.15, -0.1) is 0 Å². The number of carbonyl (C=O) groups excluding carboxylic acids is 1. The van der Waals surface area contributed by atoms with Gasteiger partial charge in [-0.1, -0.05) is 18.9 Å². The number of aryl methyl sites for hydroxylation is 1. The minimum Gasteiger partial charge on any atom is -0.493 e. The van der Waals surface area contributed by atoms with Crippen molar-refractivity contribution in [3.8, 4) is 28.4 Å². The van der Waals surface area contributed by atoms with Gasteiger partial charge in [0.2, 0.25) is 17.1 Å². The van der Waals surface area contributed by atoms with E-state index >= 15 is 0 Å². The summed E-state index contributed by atoms with van der Waals surface area (Å²) in [5.41, 5.74) is 4.24. The number of rotatable bonds is 5. The molecule has 1 fully saturated rings. The number of ether oxygens (including phenoxy) is 3. The van der Waals surface area contributed by atoms with Gasteiger partial charge in [-0.3, -0.25) is 9.59 Å². The second-order valence-electron chi connectivity index (χ2n) is 8.97. The van der Waals surface area contributed by atoms with Crippen molar-refractivity contribution in [2.75, 3.05) is 39.3 Å². The second-order valence-corrected chi connectivity index (χ2v) is 8.97. The topological polar surface area (TPSA) is 77.1 Å². The molecule has 182 valence electrons. The minimum absolute atomic E-state index is 0.0265. The molecule has 0 saturated carbocycles. The van der Waals surface area contributed by atoms with Crippen molar-refractivity contribution >= 4 is 11.6 Å². The van der Waals surface area contributed by atoms with E-state index in [0.29, 0.717) is 35.8 Å². The summed E-state index contributed by atoms with van der Waals surface area (Å²) in [5.74, 6) is 1.54. The molecular weight excluding hydrogens is 432 g/mol. The number of anilines is 1. The number of hydrogen-bond donors (Lipinski definition) is 1. The maximum Gasteiger partial charge on any atom is 0.217 e. The van der Waals surface area contributed by atoms with E-state index < -0.39 is 0 Å². The van der Waals surface area contributed by atoms with Crippen LogP contribution in [0.15, 0.2) is 29.1 Å². The smallest absolute Gasteiger partial charge is 0.217 e. The van der Waals surface area contributed by atoms with Gasteiger partial charge in [-0.2, -0.15) is 0 Å². The van der Waals surface area contributed by atoms with Gasteiger partial charge in [0.25, 0.3) is 0 Å². The zero-order valence-electron chi connectivity index (χ0n) is 20.5. The van der Waals surface area contributed by atoms with Crippen LogP contribution >= 0.6 is 0 Å². The minimum atomic E-state index is -0.293. The number of benzene rings is 1. The number of hydrogen-bond acceptors (Lipinski definition) is 6. The molecule has 2 aliphatic rings. The van der Waals surface area contributed by atoms with Crippen molar-refractivity contribution in [2.24, 2.45) is 0 Å². The maximum atomic E-state index is 13.5. The fourth-order valence-electron chi connectivity index (χ4n) is 5.27. The summed E-state index contributed by atoms with van der Waals surface area (Å²) in [5, 5.41) is 3.06. The quantitative estimate of drug-likeness (QED) is 0.710. The van der Waals surface area contributed by atoms with Crippen LogP contribution in [0.4, 0.5) is 5.69 Å². The highest BCUT2D eigenvalue weighted by atomic mass is 16.5. The monoisotopic (exact) mass is 466 g/mol. The Balaban J connectivity index is 1.99. The van der Waals surface area contributed by atoms with Crippen molar-refractivity contribution in [3.05, 3.63) is 45.6 Å². The molecule has 1 heterocycles. The van der Waals surface area contributed by atoms with E-state index in [4.69, 9.17) is 14.2 Å². The molecule has 1 atom stereocenters. The van der Waals surface area contributed by atoms with Gasteiger partial charge < -0.3 is 24.4 Å². The predicted molar refractivity (Wildman–Crippen MR) is 133 cm³/mol. The van der Waals surface area contributed by atoms with Crippen LogP contribution in [0.1, 0.15) is 56.2 Å². The van der Waals surface area contributed by atoms with Crippen LogP contribution in [0, 0.1) is 0 Å². The van der Waals surface area contributed by atoms with Crippen LogP contribution in [0.25, 0.3) is 11.1 Å². The largest absolute Gasteiger partial charge is 0.493 e. The van der Waals surface area contributed by atoms with Crippen molar-refractivity contribution in [2.45, 2.75) is 51.5 Å². The zero-order chi connectivity index (χ0) is 24.2. The molecule has 4 rings (SSSR count). The molecular formula is C27H34N2O5. The Morgan fingerprint density at radius 2 is 1.68 bits per heavy atom. The van der Waals surface area contributed by atoms with Crippen LogP contribution in [-0.2, 0) is 11.2 Å². The third-order valence-corrected chi connectivity index (χ3v) is 6.84. The average Bonchev–Trinajstić information content (AvgIpc) is 3.24. The summed E-state index contributed by atoms with van der Waals surface area (Å²) in [6, 6.07) is 7.32. The molecule has 1 aliphatic heterocycles. The Hall–Kier alpha value is -3.22. The molecule has 1 amide bonds. The highest BCUT2D eigenvalue weighted by molar-refractivity contribution is 5.83. The molecule has 0 spiro atoms. The van der Waals surface area contributed by atoms with Crippen LogP contribution in [0.3, 0.4) is 0 Å². The lowest BCUT2D eigenvalue weighted by Crippen LogP contribution is -2.29. The number of amides is 1. The Morgan fingerprint density at radius 3 is 2.29 bits per heavy atom. The first-order valence-corrected chi connectivity index (χ1v) is 12.0. The number of nitrogens with zero attached hydrogens (tertiary/aromatic N) is 1. The van der Waals surface area contributed by atoms with Crippen LogP contribution in [0.5, 0.6) is 17.2 Å². The Labute approximate surface area is 201 Å². The predicted octanol–water partition coefficient (Wildman–Crippen LogP) is 4.24. The van der Waals surface area contributed by atoms with Gasteiger partial charge in [0.05, 0.1) is 33.1 Å². The van der Waals surface area contributed by atoms with Gasteiger partial charge in [-0.05, 0) is 60.6 Å². The highest BCUT2D eigenvalue weighted by Crippen LogP contribution is 2.50. The van der Waals surface area contributed by atoms with E-state index in [1.54, 1.807) is 27.4 Å². The molecule has 2 aromatic carbocycles. The lowest BCUT2D eigenvalue weighted by molar-refractivity contribution is -0.119. The first-order chi connectivity index (χ1) is 16.5. The average molecular weight is 467 g/mol. The molecule has 1 aliphatic carbocycles. The SMILES string of the molecule is COc1cc2c(c(OC)c1OC)-c1ccc(N3CCCCCC3)c(=O)cc1C(NC(C)=O)CC2. The third-order valence-electron chi connectivity index (χ3n) is 6.84. The lowest BCUT2D eigenvalue weighted by atomic mass is 9.95. The molecule has 2 aromatic rings. The summed E-state index contributed by atoms with van der Waals surface area (Å²) < 4.78 is 17.1. The van der Waals surface area contributed by atoms with Crippen LogP contribution in [0.2, 0.25) is 0 Å². The van der Waals surface area contributed by atoms with Crippen molar-refractivity contribution in [3.63, 3.8) is 0 Å². The fourth-order valence-corrected chi connectivity index (χ4v) is 5.27. The van der Waals surface area contributed by atoms with Crippen LogP contribution in [-0.4, -0.2) is 40.3 Å². The van der Waals surface area contributed by atoms with E-state index in [-0.39, 0.29) is 17.4 Å². The van der Waals surface area contributed by atoms with Gasteiger partial charge in [0, 0.05) is 25.6 Å². The fraction of sp³-hybridized carbons (Fsp3) is 0.481. The molecule has 0 radical (unpaired) electrons. The molecule has 0 aromatic heterocycles. The molecule has 34 heavy (non-hydrogen) atoms. The normalized spacial score (nSPS) is 17.5. The number of carbonyl (C=O) groups is 1. The van der Waals surface area contributed by atoms with Crippen molar-refractivity contribution in [1.82, 2.24) is 5.32 Å². The Bertz CT molecular complexity index is 1120. The van der Waals surface area contributed by atoms with Gasteiger partial charge in [-0.25, -0.2) is 0 Å². The van der Waals surface area contributed by atoms with Gasteiger partial charge in [0.1, 0.15) is 0 Å². The van der Waals surface area contributed by atoms with Crippen molar-refractivity contribution in [1.29, 1.82) is 0 Å². The van der Waals surface area contributed by atoms with E-state index in [1.807, 2.05) is 18.2 Å². The summed E-state index contributed by atoms with van der Waals surface area (Å²) in [6.07, 6.45) is 5.89. The standard InChI is InChI=1S/C27H34N2O5/c1-17(30)28-21-11-9-18-15-24(32-2)26(33-3)27(34-4)25(18)19-10-12-22(23(31)16-20(19)21)29-13-7-5-6-8-14-29/h10,12,15-16,21H,5-9,11,13-14H2,1-4H3,(H,28,30). The van der Waals surface area contributed by atoms with Gasteiger partial charge >= 0.3 is 0 Å². The number of methoxy groups -OCH3 is 3. The zero-order valence-corrected chi connectivity index (χ0v) is 20.5. The van der Waals surface area contributed by atoms with E-state index in [9.17, 15) is 9.59 Å². The van der Waals surface area contributed by atoms with Crippen LogP contribution < -0.4 is 29.9 Å². The number of fused-ring (bicyclic) bond motifs is 3. The lowest BCUT2D eigenvalue weighted by Gasteiger charge is -2.21. The summed E-state index contributed by atoms with van der Waals surface area (Å²) in [7, 11) is 4.80. The highest BCUT2D eigenvalue weighted by Gasteiger charge is 2.29. The Morgan fingerprint density at radius 1 is 0.971 bits per heavy atom. The molecule has 1 saturated heterocycles. The summed E-state index contributed by atoms with van der Waals surface area (Å²) >= 11 is 0. The molecule has 7 heteroatoms. The molecule has 7 nitrogen and oxygen atoms in total. The number of nitrogens with one attached hydrogen (secondary N) is 1. The third kappa shape index (κ3) is 4.56. The van der Waals surface area contributed by atoms with E-state index in [1.165, 1.54) is 19.8 Å². The van der Waals surface area contributed by atoms with Crippen molar-refractivity contribution < 1.29 is 19.0 Å². The molecule has 1 N–H and O–H groups in total. The molecule has 1 unspecified atom stereocenters. The second kappa shape index (κ2) is 10.4. The van der Waals surface area contributed by atoms with E-state index in [2.05, 4.69) is 10.2 Å². The summed E-state index contributed by atoms with van der Waals surface area (Å²) in [6.45, 7) is 3.27. The van der Waals surface area contributed by atoms with Gasteiger partial charge in [0.15, 0.2) is 11.5 Å². The first-order valence-electron chi connectivity index (χ1n) is 12.0. The first kappa shape index (κ1) is 23.9. The molecule has 0 bridgehead atoms. The summed E-state index contributed by atoms with van der Waals surface area (Å²) in [4.78, 5) is 27.8. The Kier molecular flexibility index (Phi) is 7.29. The maximum absolute atomic E-state index is 13.5. The van der Waals surface area contributed by atoms with E-state index in [0.717, 1.165) is 48.2 Å².